The molecule has 0 saturated heterocycles. The molecule has 0 unspecified atom stereocenters. The molecule has 2 heterocycles. The van der Waals surface area contributed by atoms with Crippen LogP contribution in [0, 0.1) is 5.41 Å². The van der Waals surface area contributed by atoms with Crippen molar-refractivity contribution in [3.05, 3.63) is 96.0 Å². The maximum atomic E-state index is 13.4. The van der Waals surface area contributed by atoms with Crippen LogP contribution in [0.3, 0.4) is 0 Å². The molecule has 7 nitrogen and oxygen atoms in total. The average molecular weight is 610 g/mol. The number of hydrogen-bond donors (Lipinski definition) is 1. The Kier molecular flexibility index (Phi) is 8.72. The van der Waals surface area contributed by atoms with Crippen LogP contribution in [0.25, 0.3) is 23.5 Å². The Morgan fingerprint density at radius 2 is 1.79 bits per heavy atom. The number of amides is 1. The number of halogens is 1. The second-order valence-electron chi connectivity index (χ2n) is 9.91. The first-order valence-electron chi connectivity index (χ1n) is 12.3. The number of furan rings is 1. The number of Topliss-reactive ketones (excluding diaryl/α,β-unsaturated/α-hetero) is 1. The summed E-state index contributed by atoms with van der Waals surface area (Å²) in [5.74, 6) is 1.38. The molecular weight excluding hydrogens is 580 g/mol. The summed E-state index contributed by atoms with van der Waals surface area (Å²) in [5.41, 5.74) is 0.777. The van der Waals surface area contributed by atoms with Gasteiger partial charge in [0.15, 0.2) is 5.78 Å². The molecule has 0 fully saturated rings. The summed E-state index contributed by atoms with van der Waals surface area (Å²) in [6, 6.07) is 18.6. The standard InChI is InChI=1S/C30H29BrN2O5S/c1-30(2,3)26(34)16-28-33(18-27(35)32-17-19-9-11-20(37-4)12-10-19)29(36)25(39-28)15-21-13-14-24(38-21)22-7-5-6-8-23(22)31/h5-16H,17-18H2,1-4H3,(H,32,35)/b25-15-,28-16-. The number of benzene rings is 2. The molecule has 0 aliphatic carbocycles. The number of nitrogens with zero attached hydrogens (tertiary/aromatic N) is 1. The summed E-state index contributed by atoms with van der Waals surface area (Å²) in [7, 11) is 1.59. The molecule has 0 bridgehead atoms. The number of aromatic nitrogens is 1. The predicted octanol–water partition coefficient (Wildman–Crippen LogP) is 4.48. The quantitative estimate of drug-likeness (QED) is 0.318. The van der Waals surface area contributed by atoms with E-state index in [2.05, 4.69) is 21.2 Å². The van der Waals surface area contributed by atoms with Gasteiger partial charge in [0, 0.05) is 34.1 Å². The molecule has 9 heteroatoms. The van der Waals surface area contributed by atoms with E-state index in [0.29, 0.717) is 27.3 Å². The number of rotatable bonds is 8. The summed E-state index contributed by atoms with van der Waals surface area (Å²) in [6.07, 6.45) is 3.08. The fraction of sp³-hybridized carbons (Fsp3) is 0.233. The predicted molar refractivity (Wildman–Crippen MR) is 157 cm³/mol. The maximum Gasteiger partial charge on any atom is 0.269 e. The van der Waals surface area contributed by atoms with Crippen molar-refractivity contribution in [2.75, 3.05) is 7.11 Å². The Hall–Kier alpha value is -3.69. The molecule has 4 rings (SSSR count). The van der Waals surface area contributed by atoms with Gasteiger partial charge >= 0.3 is 0 Å². The van der Waals surface area contributed by atoms with Crippen LogP contribution in [0.4, 0.5) is 0 Å². The third kappa shape index (κ3) is 7.04. The molecule has 1 N–H and O–H groups in total. The highest BCUT2D eigenvalue weighted by Crippen LogP contribution is 2.29. The van der Waals surface area contributed by atoms with E-state index >= 15 is 0 Å². The van der Waals surface area contributed by atoms with Gasteiger partial charge in [0.25, 0.3) is 5.56 Å². The third-order valence-electron chi connectivity index (χ3n) is 5.92. The van der Waals surface area contributed by atoms with Gasteiger partial charge in [-0.15, -0.1) is 11.3 Å². The van der Waals surface area contributed by atoms with E-state index in [1.54, 1.807) is 19.3 Å². The topological polar surface area (TPSA) is 90.5 Å². The van der Waals surface area contributed by atoms with Crippen molar-refractivity contribution in [3.8, 4) is 17.1 Å². The van der Waals surface area contributed by atoms with E-state index < -0.39 is 5.41 Å². The fourth-order valence-electron chi connectivity index (χ4n) is 3.63. The molecule has 2 aromatic heterocycles. The zero-order chi connectivity index (χ0) is 28.2. The number of methoxy groups -OCH3 is 1. The average Bonchev–Trinajstić information content (AvgIpc) is 3.48. The van der Waals surface area contributed by atoms with Gasteiger partial charge in [0.2, 0.25) is 5.91 Å². The van der Waals surface area contributed by atoms with Crippen molar-refractivity contribution in [2.45, 2.75) is 33.9 Å². The largest absolute Gasteiger partial charge is 0.497 e. The lowest BCUT2D eigenvalue weighted by molar-refractivity contribution is -0.122. The van der Waals surface area contributed by atoms with Gasteiger partial charge in [-0.3, -0.25) is 19.0 Å². The van der Waals surface area contributed by atoms with Crippen molar-refractivity contribution in [3.63, 3.8) is 0 Å². The Bertz CT molecular complexity index is 1670. The van der Waals surface area contributed by atoms with E-state index in [-0.39, 0.29) is 23.8 Å². The maximum absolute atomic E-state index is 13.4. The molecule has 1 amide bonds. The molecule has 39 heavy (non-hydrogen) atoms. The second-order valence-corrected chi connectivity index (χ2v) is 11.8. The van der Waals surface area contributed by atoms with Gasteiger partial charge in [0.05, 0.1) is 11.6 Å². The highest BCUT2D eigenvalue weighted by Gasteiger charge is 2.20. The number of carbonyl (C=O) groups is 2. The van der Waals surface area contributed by atoms with Crippen LogP contribution >= 0.6 is 27.3 Å². The van der Waals surface area contributed by atoms with Crippen LogP contribution in [-0.4, -0.2) is 23.4 Å². The Morgan fingerprint density at radius 3 is 2.46 bits per heavy atom. The molecule has 202 valence electrons. The summed E-state index contributed by atoms with van der Waals surface area (Å²) >= 11 is 4.68. The van der Waals surface area contributed by atoms with Gasteiger partial charge in [-0.05, 0) is 35.9 Å². The van der Waals surface area contributed by atoms with Gasteiger partial charge in [-0.2, -0.15) is 0 Å². The number of thiazole rings is 1. The normalized spacial score (nSPS) is 12.5. The minimum absolute atomic E-state index is 0.142. The second kappa shape index (κ2) is 12.0. The summed E-state index contributed by atoms with van der Waals surface area (Å²) < 4.78 is 14.1. The lowest BCUT2D eigenvalue weighted by atomic mass is 9.91. The molecule has 2 aromatic carbocycles. The Morgan fingerprint density at radius 1 is 1.08 bits per heavy atom. The van der Waals surface area contributed by atoms with Crippen LogP contribution in [0.2, 0.25) is 0 Å². The van der Waals surface area contributed by atoms with Crippen LogP contribution in [0.15, 0.2) is 74.3 Å². The van der Waals surface area contributed by atoms with Gasteiger partial charge in [-0.1, -0.05) is 67.0 Å². The number of ether oxygens (including phenoxy) is 1. The Labute approximate surface area is 238 Å². The first kappa shape index (κ1) is 28.3. The zero-order valence-electron chi connectivity index (χ0n) is 22.1. The molecular formula is C30H29BrN2O5S. The molecule has 0 spiro atoms. The van der Waals surface area contributed by atoms with Gasteiger partial charge < -0.3 is 14.5 Å². The lowest BCUT2D eigenvalue weighted by Gasteiger charge is -2.13. The van der Waals surface area contributed by atoms with Crippen molar-refractivity contribution in [1.82, 2.24) is 9.88 Å². The third-order valence-corrected chi connectivity index (χ3v) is 7.67. The minimum Gasteiger partial charge on any atom is -0.497 e. The molecule has 0 aliphatic rings. The number of hydrogen-bond acceptors (Lipinski definition) is 6. The van der Waals surface area contributed by atoms with Crippen molar-refractivity contribution in [1.29, 1.82) is 0 Å². The highest BCUT2D eigenvalue weighted by atomic mass is 79.9. The van der Waals surface area contributed by atoms with E-state index in [1.165, 1.54) is 10.6 Å². The van der Waals surface area contributed by atoms with Crippen LogP contribution < -0.4 is 24.8 Å². The summed E-state index contributed by atoms with van der Waals surface area (Å²) in [6.45, 7) is 5.50. The SMILES string of the molecule is COc1ccc(CNC(=O)Cn2c(=O)/c(=C/c3ccc(-c4ccccc4Br)o3)s/c2=C\C(=O)C(C)(C)C)cc1. The summed E-state index contributed by atoms with van der Waals surface area (Å²) in [4.78, 5) is 39.0. The van der Waals surface area contributed by atoms with E-state index in [0.717, 1.165) is 32.7 Å². The van der Waals surface area contributed by atoms with Gasteiger partial charge in [-0.25, -0.2) is 0 Å². The molecule has 0 saturated carbocycles. The first-order valence-corrected chi connectivity index (χ1v) is 13.9. The molecule has 0 radical (unpaired) electrons. The molecule has 4 aromatic rings. The van der Waals surface area contributed by atoms with E-state index in [9.17, 15) is 14.4 Å². The van der Waals surface area contributed by atoms with Crippen molar-refractivity contribution < 1.29 is 18.7 Å². The van der Waals surface area contributed by atoms with Crippen molar-refractivity contribution in [2.24, 2.45) is 5.41 Å². The van der Waals surface area contributed by atoms with E-state index in [4.69, 9.17) is 9.15 Å². The minimum atomic E-state index is -0.635. The zero-order valence-corrected chi connectivity index (χ0v) is 24.5. The molecule has 0 atom stereocenters. The number of nitrogens with one attached hydrogen (secondary N) is 1. The highest BCUT2D eigenvalue weighted by molar-refractivity contribution is 9.10. The lowest BCUT2D eigenvalue weighted by Crippen LogP contribution is -2.38. The van der Waals surface area contributed by atoms with Crippen LogP contribution in [0.5, 0.6) is 5.75 Å². The smallest absolute Gasteiger partial charge is 0.269 e. The molecule has 0 aliphatic heterocycles. The van der Waals surface area contributed by atoms with Gasteiger partial charge in [0.1, 0.15) is 28.5 Å². The number of carbonyl (C=O) groups excluding carboxylic acids is 2. The van der Waals surface area contributed by atoms with Crippen LogP contribution in [0.1, 0.15) is 32.1 Å². The monoisotopic (exact) mass is 608 g/mol. The first-order chi connectivity index (χ1) is 18.5. The van der Waals surface area contributed by atoms with Crippen LogP contribution in [-0.2, 0) is 22.7 Å². The number of ketones is 1. The fourth-order valence-corrected chi connectivity index (χ4v) is 5.13. The van der Waals surface area contributed by atoms with E-state index in [1.807, 2.05) is 75.4 Å². The van der Waals surface area contributed by atoms with Crippen molar-refractivity contribution >= 4 is 51.1 Å². The Balaban J connectivity index is 1.65. The summed E-state index contributed by atoms with van der Waals surface area (Å²) in [5, 5.41) is 2.84.